The average molecular weight is 311 g/mol. The molecule has 0 fully saturated rings. The summed E-state index contributed by atoms with van der Waals surface area (Å²) in [6, 6.07) is 13.8. The van der Waals surface area contributed by atoms with Gasteiger partial charge in [-0.1, -0.05) is 12.1 Å². The maximum atomic E-state index is 11.9. The molecule has 0 aliphatic heterocycles. The monoisotopic (exact) mass is 311 g/mol. The second kappa shape index (κ2) is 7.79. The molecule has 2 aromatic carbocycles. The van der Waals surface area contributed by atoms with Crippen molar-refractivity contribution in [2.45, 2.75) is 0 Å². The molecule has 0 bridgehead atoms. The maximum absolute atomic E-state index is 11.9. The quantitative estimate of drug-likeness (QED) is 0.680. The van der Waals surface area contributed by atoms with E-state index in [4.69, 9.17) is 4.74 Å². The van der Waals surface area contributed by atoms with Gasteiger partial charge in [-0.05, 0) is 48.0 Å². The summed E-state index contributed by atoms with van der Waals surface area (Å²) in [4.78, 5) is 23.2. The summed E-state index contributed by atoms with van der Waals surface area (Å²) in [7, 11) is 2.91. The number of hydrogen-bond donors (Lipinski definition) is 1. The van der Waals surface area contributed by atoms with Gasteiger partial charge in [0.2, 0.25) is 5.91 Å². The molecule has 0 aliphatic rings. The number of hydrogen-bond acceptors (Lipinski definition) is 4. The van der Waals surface area contributed by atoms with Gasteiger partial charge in [0, 0.05) is 11.8 Å². The first kappa shape index (κ1) is 16.3. The number of nitrogens with one attached hydrogen (secondary N) is 1. The zero-order chi connectivity index (χ0) is 16.7. The smallest absolute Gasteiger partial charge is 0.337 e. The summed E-state index contributed by atoms with van der Waals surface area (Å²) in [5, 5.41) is 2.72. The zero-order valence-electron chi connectivity index (χ0n) is 12.9. The van der Waals surface area contributed by atoms with E-state index in [1.165, 1.54) is 13.2 Å². The molecule has 1 amide bonds. The van der Waals surface area contributed by atoms with Gasteiger partial charge in [0.05, 0.1) is 19.8 Å². The second-order valence-corrected chi connectivity index (χ2v) is 4.67. The van der Waals surface area contributed by atoms with Gasteiger partial charge in [0.1, 0.15) is 5.75 Å². The van der Waals surface area contributed by atoms with Crippen molar-refractivity contribution in [3.63, 3.8) is 0 Å². The minimum absolute atomic E-state index is 0.265. The van der Waals surface area contributed by atoms with Gasteiger partial charge in [-0.3, -0.25) is 4.79 Å². The standard InChI is InChI=1S/C18H17NO4/c1-22-16-5-3-4-13(12-16)6-11-17(20)19-15-9-7-14(8-10-15)18(21)23-2/h3-12H,1-2H3,(H,19,20)/b11-6+. The number of carbonyl (C=O) groups excluding carboxylic acids is 2. The Morgan fingerprint density at radius 1 is 1.04 bits per heavy atom. The molecule has 0 atom stereocenters. The molecule has 118 valence electrons. The Bertz CT molecular complexity index is 720. The Morgan fingerprint density at radius 2 is 1.78 bits per heavy atom. The molecule has 0 heterocycles. The molecule has 0 saturated heterocycles. The van der Waals surface area contributed by atoms with Gasteiger partial charge < -0.3 is 14.8 Å². The molecular formula is C18H17NO4. The highest BCUT2D eigenvalue weighted by atomic mass is 16.5. The van der Waals surface area contributed by atoms with Crippen LogP contribution < -0.4 is 10.1 Å². The van der Waals surface area contributed by atoms with Crippen molar-refractivity contribution in [2.75, 3.05) is 19.5 Å². The Hall–Kier alpha value is -3.08. The largest absolute Gasteiger partial charge is 0.497 e. The van der Waals surface area contributed by atoms with Crippen molar-refractivity contribution < 1.29 is 19.1 Å². The molecule has 0 saturated carbocycles. The Kier molecular flexibility index (Phi) is 5.52. The highest BCUT2D eigenvalue weighted by Crippen LogP contribution is 2.14. The molecule has 0 spiro atoms. The third kappa shape index (κ3) is 4.71. The summed E-state index contributed by atoms with van der Waals surface area (Å²) < 4.78 is 9.74. The molecule has 5 nitrogen and oxygen atoms in total. The number of rotatable bonds is 5. The zero-order valence-corrected chi connectivity index (χ0v) is 12.9. The molecule has 23 heavy (non-hydrogen) atoms. The summed E-state index contributed by atoms with van der Waals surface area (Å²) >= 11 is 0. The van der Waals surface area contributed by atoms with Gasteiger partial charge in [0.15, 0.2) is 0 Å². The summed E-state index contributed by atoms with van der Waals surface area (Å²) in [6.45, 7) is 0. The van der Waals surface area contributed by atoms with E-state index in [-0.39, 0.29) is 5.91 Å². The second-order valence-electron chi connectivity index (χ2n) is 4.67. The van der Waals surface area contributed by atoms with Gasteiger partial charge in [-0.15, -0.1) is 0 Å². The van der Waals surface area contributed by atoms with E-state index in [2.05, 4.69) is 10.1 Å². The molecule has 2 rings (SSSR count). The van der Waals surface area contributed by atoms with Crippen molar-refractivity contribution in [2.24, 2.45) is 0 Å². The van der Waals surface area contributed by atoms with Gasteiger partial charge >= 0.3 is 5.97 Å². The predicted molar refractivity (Wildman–Crippen MR) is 88.4 cm³/mol. The van der Waals surface area contributed by atoms with E-state index in [9.17, 15) is 9.59 Å². The number of anilines is 1. The fraction of sp³-hybridized carbons (Fsp3) is 0.111. The summed E-state index contributed by atoms with van der Waals surface area (Å²) in [6.07, 6.45) is 3.13. The van der Waals surface area contributed by atoms with Gasteiger partial charge in [0.25, 0.3) is 0 Å². The predicted octanol–water partition coefficient (Wildman–Crippen LogP) is 3.13. The first-order chi connectivity index (χ1) is 11.1. The van der Waals surface area contributed by atoms with Crippen LogP contribution in [0.3, 0.4) is 0 Å². The van der Waals surface area contributed by atoms with Crippen LogP contribution in [-0.2, 0) is 9.53 Å². The molecule has 5 heteroatoms. The molecule has 0 unspecified atom stereocenters. The van der Waals surface area contributed by atoms with Crippen LogP contribution in [0.4, 0.5) is 5.69 Å². The normalized spacial score (nSPS) is 10.3. The molecule has 0 aliphatic carbocycles. The van der Waals surface area contributed by atoms with E-state index in [0.29, 0.717) is 11.3 Å². The van der Waals surface area contributed by atoms with E-state index >= 15 is 0 Å². The lowest BCUT2D eigenvalue weighted by atomic mass is 10.2. The molecule has 0 aromatic heterocycles. The fourth-order valence-corrected chi connectivity index (χ4v) is 1.91. The lowest BCUT2D eigenvalue weighted by Crippen LogP contribution is -2.08. The van der Waals surface area contributed by atoms with Crippen LogP contribution in [-0.4, -0.2) is 26.1 Å². The van der Waals surface area contributed by atoms with Gasteiger partial charge in [-0.25, -0.2) is 4.79 Å². The lowest BCUT2D eigenvalue weighted by molar-refractivity contribution is -0.111. The SMILES string of the molecule is COC(=O)c1ccc(NC(=O)/C=C/c2cccc(OC)c2)cc1. The molecule has 1 N–H and O–H groups in total. The van der Waals surface area contributed by atoms with Crippen molar-refractivity contribution in [3.05, 3.63) is 65.7 Å². The third-order valence-electron chi connectivity index (χ3n) is 3.09. The Balaban J connectivity index is 1.98. The molecule has 0 radical (unpaired) electrons. The average Bonchev–Trinajstić information content (AvgIpc) is 2.60. The number of amides is 1. The van der Waals surface area contributed by atoms with Crippen LogP contribution in [0.1, 0.15) is 15.9 Å². The minimum atomic E-state index is -0.416. The number of carbonyl (C=O) groups is 2. The minimum Gasteiger partial charge on any atom is -0.497 e. The van der Waals surface area contributed by atoms with Crippen molar-refractivity contribution in [3.8, 4) is 5.75 Å². The number of methoxy groups -OCH3 is 2. The van der Waals surface area contributed by atoms with Crippen LogP contribution in [0.15, 0.2) is 54.6 Å². The molecular weight excluding hydrogens is 294 g/mol. The van der Waals surface area contributed by atoms with Crippen molar-refractivity contribution in [1.29, 1.82) is 0 Å². The van der Waals surface area contributed by atoms with E-state index < -0.39 is 5.97 Å². The summed E-state index contributed by atoms with van der Waals surface area (Å²) in [5.74, 6) is 0.0467. The van der Waals surface area contributed by atoms with Crippen molar-refractivity contribution >= 4 is 23.6 Å². The Labute approximate surface area is 134 Å². The van der Waals surface area contributed by atoms with Crippen LogP contribution in [0.5, 0.6) is 5.75 Å². The van der Waals surface area contributed by atoms with Crippen LogP contribution >= 0.6 is 0 Å². The molecule has 2 aromatic rings. The topological polar surface area (TPSA) is 64.6 Å². The number of esters is 1. The van der Waals surface area contributed by atoms with Crippen molar-refractivity contribution in [1.82, 2.24) is 0 Å². The fourth-order valence-electron chi connectivity index (χ4n) is 1.91. The first-order valence-electron chi connectivity index (χ1n) is 6.94. The van der Waals surface area contributed by atoms with E-state index in [0.717, 1.165) is 11.3 Å². The Morgan fingerprint density at radius 3 is 2.43 bits per heavy atom. The highest BCUT2D eigenvalue weighted by Gasteiger charge is 2.05. The van der Waals surface area contributed by atoms with Crippen LogP contribution in [0, 0.1) is 0 Å². The lowest BCUT2D eigenvalue weighted by Gasteiger charge is -2.04. The number of benzene rings is 2. The van der Waals surface area contributed by atoms with E-state index in [1.54, 1.807) is 37.5 Å². The van der Waals surface area contributed by atoms with Crippen LogP contribution in [0.25, 0.3) is 6.08 Å². The first-order valence-corrected chi connectivity index (χ1v) is 6.94. The van der Waals surface area contributed by atoms with Gasteiger partial charge in [-0.2, -0.15) is 0 Å². The number of ether oxygens (including phenoxy) is 2. The maximum Gasteiger partial charge on any atom is 0.337 e. The highest BCUT2D eigenvalue weighted by molar-refractivity contribution is 6.02. The van der Waals surface area contributed by atoms with E-state index in [1.807, 2.05) is 24.3 Å². The summed E-state index contributed by atoms with van der Waals surface area (Å²) in [5.41, 5.74) is 1.89. The van der Waals surface area contributed by atoms with Crippen LogP contribution in [0.2, 0.25) is 0 Å². The third-order valence-corrected chi connectivity index (χ3v) is 3.09.